The zero-order valence-corrected chi connectivity index (χ0v) is 17.7. The van der Waals surface area contributed by atoms with Crippen molar-refractivity contribution < 1.29 is 9.18 Å². The summed E-state index contributed by atoms with van der Waals surface area (Å²) in [5.41, 5.74) is 2.94. The molecule has 1 amide bonds. The summed E-state index contributed by atoms with van der Waals surface area (Å²) in [4.78, 5) is 26.9. The molecule has 5 nitrogen and oxygen atoms in total. The Balaban J connectivity index is 1.48. The van der Waals surface area contributed by atoms with E-state index in [1.165, 1.54) is 6.07 Å². The van der Waals surface area contributed by atoms with Crippen molar-refractivity contribution in [3.63, 3.8) is 0 Å². The number of hydrogen-bond acceptors (Lipinski definition) is 4. The van der Waals surface area contributed by atoms with E-state index >= 15 is 0 Å². The van der Waals surface area contributed by atoms with Crippen molar-refractivity contribution in [2.75, 3.05) is 18.0 Å². The molecule has 0 N–H and O–H groups in total. The monoisotopic (exact) mass is 408 g/mol. The highest BCUT2D eigenvalue weighted by molar-refractivity contribution is 5.78. The Bertz CT molecular complexity index is 944. The molecule has 0 aliphatic carbocycles. The highest BCUT2D eigenvalue weighted by Crippen LogP contribution is 2.43. The lowest BCUT2D eigenvalue weighted by molar-refractivity contribution is -0.148. The molecule has 0 spiro atoms. The van der Waals surface area contributed by atoms with Crippen LogP contribution in [-0.4, -0.2) is 45.9 Å². The molecule has 2 bridgehead atoms. The first-order valence-electron chi connectivity index (χ1n) is 11.1. The molecule has 5 rings (SSSR count). The number of halogens is 1. The van der Waals surface area contributed by atoms with Gasteiger partial charge in [-0.2, -0.15) is 0 Å². The molecule has 0 radical (unpaired) electrons. The SMILES string of the molecule is Cc1cc(C)nc(N2C[C@H]3C[C@@H](C2)[C@H](Cc2cccc(F)c2)N2C(=O)CCC[C@@H]32)n1. The van der Waals surface area contributed by atoms with E-state index in [-0.39, 0.29) is 23.8 Å². The second-order valence-electron chi connectivity index (χ2n) is 9.27. The molecule has 158 valence electrons. The predicted octanol–water partition coefficient (Wildman–Crippen LogP) is 3.68. The number of carbonyl (C=O) groups excluding carboxylic acids is 1. The van der Waals surface area contributed by atoms with Gasteiger partial charge in [-0.15, -0.1) is 0 Å². The van der Waals surface area contributed by atoms with Crippen LogP contribution in [-0.2, 0) is 11.2 Å². The Hall–Kier alpha value is -2.50. The first kappa shape index (κ1) is 19.5. The van der Waals surface area contributed by atoms with Crippen molar-refractivity contribution in [3.8, 4) is 0 Å². The Morgan fingerprint density at radius 1 is 1.10 bits per heavy atom. The molecule has 4 atom stereocenters. The maximum absolute atomic E-state index is 13.8. The lowest BCUT2D eigenvalue weighted by Gasteiger charge is -2.56. The molecule has 3 fully saturated rings. The van der Waals surface area contributed by atoms with Gasteiger partial charge in [0, 0.05) is 43.0 Å². The van der Waals surface area contributed by atoms with Crippen LogP contribution in [0.2, 0.25) is 0 Å². The maximum Gasteiger partial charge on any atom is 0.225 e. The average Bonchev–Trinajstić information content (AvgIpc) is 2.70. The number of anilines is 1. The standard InChI is InChI=1S/C24H29FN4O/c1-15-9-16(2)27-24(26-15)28-13-18-12-19(14-28)22(11-17-5-3-6-20(25)10-17)29-21(18)7-4-8-23(29)30/h3,5-6,9-10,18-19,21-22H,4,7-8,11-14H2,1-2H3/t18-,19+,21+,22+/m1/s1. The fourth-order valence-corrected chi connectivity index (χ4v) is 5.96. The molecule has 3 saturated heterocycles. The molecule has 1 aromatic heterocycles. The van der Waals surface area contributed by atoms with Crippen LogP contribution in [0, 0.1) is 31.5 Å². The van der Waals surface area contributed by atoms with Crippen molar-refractivity contribution in [2.45, 2.75) is 58.0 Å². The van der Waals surface area contributed by atoms with Crippen LogP contribution < -0.4 is 4.90 Å². The molecule has 3 aliphatic heterocycles. The molecular formula is C24H29FN4O. The van der Waals surface area contributed by atoms with Crippen LogP contribution >= 0.6 is 0 Å². The van der Waals surface area contributed by atoms with Gasteiger partial charge in [0.2, 0.25) is 11.9 Å². The van der Waals surface area contributed by atoms with E-state index in [2.05, 4.69) is 9.80 Å². The molecule has 30 heavy (non-hydrogen) atoms. The number of rotatable bonds is 3. The Kier molecular flexibility index (Phi) is 4.95. The van der Waals surface area contributed by atoms with E-state index < -0.39 is 0 Å². The summed E-state index contributed by atoms with van der Waals surface area (Å²) in [6, 6.07) is 9.22. The number of hydrogen-bond donors (Lipinski definition) is 0. The van der Waals surface area contributed by atoms with Gasteiger partial charge in [-0.1, -0.05) is 12.1 Å². The van der Waals surface area contributed by atoms with Crippen LogP contribution in [0.1, 0.15) is 42.6 Å². The summed E-state index contributed by atoms with van der Waals surface area (Å²) in [5.74, 6) is 1.66. The fraction of sp³-hybridized carbons (Fsp3) is 0.542. The van der Waals surface area contributed by atoms with Crippen molar-refractivity contribution >= 4 is 11.9 Å². The van der Waals surface area contributed by atoms with Gasteiger partial charge in [0.15, 0.2) is 0 Å². The second kappa shape index (κ2) is 7.64. The molecule has 0 unspecified atom stereocenters. The van der Waals surface area contributed by atoms with Gasteiger partial charge in [0.25, 0.3) is 0 Å². The molecule has 4 heterocycles. The van der Waals surface area contributed by atoms with Gasteiger partial charge < -0.3 is 9.80 Å². The zero-order chi connectivity index (χ0) is 20.8. The van der Waals surface area contributed by atoms with E-state index in [0.717, 1.165) is 55.3 Å². The van der Waals surface area contributed by atoms with Crippen molar-refractivity contribution in [3.05, 3.63) is 53.1 Å². The van der Waals surface area contributed by atoms with Crippen LogP contribution in [0.3, 0.4) is 0 Å². The summed E-state index contributed by atoms with van der Waals surface area (Å²) in [6.07, 6.45) is 4.49. The molecular weight excluding hydrogens is 379 g/mol. The number of carbonyl (C=O) groups is 1. The first-order chi connectivity index (χ1) is 14.5. The fourth-order valence-electron chi connectivity index (χ4n) is 5.96. The zero-order valence-electron chi connectivity index (χ0n) is 17.7. The van der Waals surface area contributed by atoms with Crippen molar-refractivity contribution in [1.82, 2.24) is 14.9 Å². The summed E-state index contributed by atoms with van der Waals surface area (Å²) in [7, 11) is 0. The van der Waals surface area contributed by atoms with E-state index in [1.54, 1.807) is 12.1 Å². The molecule has 3 aliphatic rings. The summed E-state index contributed by atoms with van der Waals surface area (Å²) >= 11 is 0. The number of fused-ring (bicyclic) bond motifs is 4. The lowest BCUT2D eigenvalue weighted by Crippen LogP contribution is -2.65. The minimum Gasteiger partial charge on any atom is -0.340 e. The van der Waals surface area contributed by atoms with Crippen LogP contribution in [0.25, 0.3) is 0 Å². The quantitative estimate of drug-likeness (QED) is 0.777. The van der Waals surface area contributed by atoms with E-state index in [0.29, 0.717) is 24.7 Å². The summed E-state index contributed by atoms with van der Waals surface area (Å²) < 4.78 is 13.8. The number of benzene rings is 1. The molecule has 1 aromatic carbocycles. The number of nitrogens with zero attached hydrogens (tertiary/aromatic N) is 4. The average molecular weight is 409 g/mol. The van der Waals surface area contributed by atoms with Gasteiger partial charge in [-0.25, -0.2) is 14.4 Å². The molecule has 0 saturated carbocycles. The number of piperidine rings is 3. The largest absolute Gasteiger partial charge is 0.340 e. The summed E-state index contributed by atoms with van der Waals surface area (Å²) in [6.45, 7) is 5.77. The topological polar surface area (TPSA) is 49.3 Å². The molecule has 6 heteroatoms. The lowest BCUT2D eigenvalue weighted by atomic mass is 9.71. The third-order valence-electron chi connectivity index (χ3n) is 7.08. The van der Waals surface area contributed by atoms with Gasteiger partial charge in [0.1, 0.15) is 5.82 Å². The number of aryl methyl sites for hydroxylation is 2. The first-order valence-corrected chi connectivity index (χ1v) is 11.1. The maximum atomic E-state index is 13.8. The summed E-state index contributed by atoms with van der Waals surface area (Å²) in [5, 5.41) is 0. The second-order valence-corrected chi connectivity index (χ2v) is 9.27. The Morgan fingerprint density at radius 2 is 1.87 bits per heavy atom. The highest BCUT2D eigenvalue weighted by atomic mass is 19.1. The Morgan fingerprint density at radius 3 is 2.63 bits per heavy atom. The van der Waals surface area contributed by atoms with Gasteiger partial charge >= 0.3 is 0 Å². The van der Waals surface area contributed by atoms with Crippen LogP contribution in [0.5, 0.6) is 0 Å². The smallest absolute Gasteiger partial charge is 0.225 e. The van der Waals surface area contributed by atoms with E-state index in [9.17, 15) is 9.18 Å². The normalized spacial score (nSPS) is 28.4. The van der Waals surface area contributed by atoms with Gasteiger partial charge in [-0.05, 0) is 75.1 Å². The van der Waals surface area contributed by atoms with Gasteiger partial charge in [0.05, 0.1) is 0 Å². The van der Waals surface area contributed by atoms with Crippen molar-refractivity contribution in [1.29, 1.82) is 0 Å². The third-order valence-corrected chi connectivity index (χ3v) is 7.08. The highest BCUT2D eigenvalue weighted by Gasteiger charge is 2.49. The number of aromatic nitrogens is 2. The van der Waals surface area contributed by atoms with Crippen LogP contribution in [0.15, 0.2) is 30.3 Å². The van der Waals surface area contributed by atoms with Crippen molar-refractivity contribution in [2.24, 2.45) is 11.8 Å². The van der Waals surface area contributed by atoms with Gasteiger partial charge in [-0.3, -0.25) is 4.79 Å². The Labute approximate surface area is 177 Å². The third kappa shape index (κ3) is 3.57. The van der Waals surface area contributed by atoms with E-state index in [1.807, 2.05) is 26.0 Å². The number of amides is 1. The molecule has 2 aromatic rings. The predicted molar refractivity (Wildman–Crippen MR) is 114 cm³/mol. The van der Waals surface area contributed by atoms with Crippen LogP contribution in [0.4, 0.5) is 10.3 Å². The van der Waals surface area contributed by atoms with E-state index in [4.69, 9.17) is 9.97 Å². The minimum atomic E-state index is -0.211. The minimum absolute atomic E-state index is 0.106.